The summed E-state index contributed by atoms with van der Waals surface area (Å²) in [6.07, 6.45) is -3.77. The van der Waals surface area contributed by atoms with Crippen molar-refractivity contribution < 1.29 is 23.1 Å². The molecule has 122 valence electrons. The maximum Gasteiger partial charge on any atom is 0.417 e. The lowest BCUT2D eigenvalue weighted by atomic mass is 10.1. The fourth-order valence-electron chi connectivity index (χ4n) is 1.73. The van der Waals surface area contributed by atoms with Crippen LogP contribution in [0.1, 0.15) is 23.7 Å². The Hall–Kier alpha value is -2.28. The van der Waals surface area contributed by atoms with Crippen LogP contribution in [0.2, 0.25) is 5.02 Å². The second-order valence-electron chi connectivity index (χ2n) is 4.65. The lowest BCUT2D eigenvalue weighted by Crippen LogP contribution is -2.07. The second-order valence-corrected chi connectivity index (χ2v) is 5.06. The van der Waals surface area contributed by atoms with Crippen molar-refractivity contribution in [3.05, 3.63) is 58.4 Å². The molecule has 0 amide bonds. The Bertz CT molecular complexity index is 716. The number of hydrogen-bond donors (Lipinski definition) is 1. The molecule has 2 aromatic rings. The predicted octanol–water partition coefficient (Wildman–Crippen LogP) is 4.53. The fourth-order valence-corrected chi connectivity index (χ4v) is 1.95. The zero-order chi connectivity index (χ0) is 17.0. The molecule has 0 unspecified atom stereocenters. The lowest BCUT2D eigenvalue weighted by Gasteiger charge is -2.10. The van der Waals surface area contributed by atoms with Gasteiger partial charge in [0.2, 0.25) is 0 Å². The van der Waals surface area contributed by atoms with Gasteiger partial charge in [0, 0.05) is 6.20 Å². The van der Waals surface area contributed by atoms with Crippen molar-refractivity contribution in [2.24, 2.45) is 5.16 Å². The molecular weight excluding hydrogens is 333 g/mol. The Kier molecular flexibility index (Phi) is 5.10. The highest BCUT2D eigenvalue weighted by molar-refractivity contribution is 6.31. The molecule has 0 bridgehead atoms. The zero-order valence-electron chi connectivity index (χ0n) is 11.9. The monoisotopic (exact) mass is 344 g/mol. The number of hydrogen-bond acceptors (Lipinski definition) is 4. The minimum Gasteiger partial charge on any atom is -0.487 e. The molecule has 0 aliphatic heterocycles. The average molecular weight is 345 g/mol. The molecule has 2 rings (SSSR count). The summed E-state index contributed by atoms with van der Waals surface area (Å²) in [7, 11) is 0. The van der Waals surface area contributed by atoms with E-state index in [2.05, 4.69) is 10.1 Å². The van der Waals surface area contributed by atoms with Crippen molar-refractivity contribution in [3.63, 3.8) is 0 Å². The molecule has 4 nitrogen and oxygen atoms in total. The summed E-state index contributed by atoms with van der Waals surface area (Å²) in [5.74, 6) is 0.484. The first-order valence-corrected chi connectivity index (χ1v) is 6.82. The first-order chi connectivity index (χ1) is 10.8. The molecule has 1 aromatic carbocycles. The van der Waals surface area contributed by atoms with Gasteiger partial charge in [0.15, 0.2) is 0 Å². The van der Waals surface area contributed by atoms with Crippen LogP contribution in [0, 0.1) is 0 Å². The number of ether oxygens (including phenoxy) is 1. The highest BCUT2D eigenvalue weighted by atomic mass is 35.5. The first kappa shape index (κ1) is 17.1. The van der Waals surface area contributed by atoms with Crippen molar-refractivity contribution in [3.8, 4) is 5.75 Å². The smallest absolute Gasteiger partial charge is 0.417 e. The Morgan fingerprint density at radius 3 is 2.48 bits per heavy atom. The number of aromatic nitrogens is 1. The number of pyridine rings is 1. The van der Waals surface area contributed by atoms with Crippen LogP contribution >= 0.6 is 11.6 Å². The Labute approximate surface area is 135 Å². The Morgan fingerprint density at radius 2 is 1.96 bits per heavy atom. The van der Waals surface area contributed by atoms with E-state index < -0.39 is 11.7 Å². The molecule has 1 heterocycles. The van der Waals surface area contributed by atoms with Crippen LogP contribution in [0.5, 0.6) is 5.75 Å². The van der Waals surface area contributed by atoms with E-state index in [0.29, 0.717) is 17.0 Å². The Balaban J connectivity index is 2.06. The highest BCUT2D eigenvalue weighted by Crippen LogP contribution is 2.31. The number of nitrogens with zero attached hydrogens (tertiary/aromatic N) is 2. The summed E-state index contributed by atoms with van der Waals surface area (Å²) in [5.41, 5.74) is 0.459. The van der Waals surface area contributed by atoms with Crippen molar-refractivity contribution in [2.75, 3.05) is 0 Å². The largest absolute Gasteiger partial charge is 0.487 e. The zero-order valence-corrected chi connectivity index (χ0v) is 12.7. The normalized spacial score (nSPS) is 12.3. The maximum atomic E-state index is 12.5. The predicted molar refractivity (Wildman–Crippen MR) is 79.0 cm³/mol. The molecule has 0 atom stereocenters. The van der Waals surface area contributed by atoms with Gasteiger partial charge in [-0.1, -0.05) is 16.8 Å². The molecule has 0 saturated carbocycles. The van der Waals surface area contributed by atoms with Gasteiger partial charge in [0.25, 0.3) is 0 Å². The van der Waals surface area contributed by atoms with Gasteiger partial charge in [-0.15, -0.1) is 0 Å². The average Bonchev–Trinajstić information content (AvgIpc) is 2.52. The molecule has 0 aliphatic rings. The van der Waals surface area contributed by atoms with E-state index in [-0.39, 0.29) is 17.3 Å². The molecule has 0 fully saturated rings. The van der Waals surface area contributed by atoms with Gasteiger partial charge in [0.05, 0.1) is 22.0 Å². The van der Waals surface area contributed by atoms with Gasteiger partial charge >= 0.3 is 6.18 Å². The summed E-state index contributed by atoms with van der Waals surface area (Å²) >= 11 is 5.80. The molecule has 1 N–H and O–H groups in total. The summed E-state index contributed by atoms with van der Waals surface area (Å²) < 4.78 is 43.0. The van der Waals surface area contributed by atoms with E-state index in [9.17, 15) is 13.2 Å². The summed E-state index contributed by atoms with van der Waals surface area (Å²) in [6, 6.07) is 7.47. The lowest BCUT2D eigenvalue weighted by molar-refractivity contribution is -0.137. The third-order valence-electron chi connectivity index (χ3n) is 3.04. The number of rotatable bonds is 4. The molecule has 23 heavy (non-hydrogen) atoms. The van der Waals surface area contributed by atoms with E-state index in [1.807, 2.05) is 0 Å². The van der Waals surface area contributed by atoms with Gasteiger partial charge in [-0.05, 0) is 42.8 Å². The van der Waals surface area contributed by atoms with E-state index in [1.165, 1.54) is 0 Å². The van der Waals surface area contributed by atoms with Crippen LogP contribution in [0.25, 0.3) is 0 Å². The van der Waals surface area contributed by atoms with Gasteiger partial charge in [-0.2, -0.15) is 13.2 Å². The molecule has 0 radical (unpaired) electrons. The molecule has 0 spiro atoms. The maximum absolute atomic E-state index is 12.5. The standard InChI is InChI=1S/C15H12ClF3N2O2/c1-9(21-22)10-2-4-12(5-3-10)23-8-14-13(16)6-11(7-20-14)15(17,18)19/h2-7,22H,8H2,1H3. The molecule has 1 aromatic heterocycles. The van der Waals surface area contributed by atoms with E-state index >= 15 is 0 Å². The number of oxime groups is 1. The number of benzene rings is 1. The summed E-state index contributed by atoms with van der Waals surface area (Å²) in [4.78, 5) is 3.69. The summed E-state index contributed by atoms with van der Waals surface area (Å²) in [5, 5.41) is 11.6. The minimum absolute atomic E-state index is 0.0661. The molecule has 8 heteroatoms. The molecule has 0 aliphatic carbocycles. The van der Waals surface area contributed by atoms with Crippen molar-refractivity contribution in [1.29, 1.82) is 0 Å². The highest BCUT2D eigenvalue weighted by Gasteiger charge is 2.31. The van der Waals surface area contributed by atoms with Crippen molar-refractivity contribution >= 4 is 17.3 Å². The third-order valence-corrected chi connectivity index (χ3v) is 3.37. The van der Waals surface area contributed by atoms with Crippen molar-refractivity contribution in [2.45, 2.75) is 19.7 Å². The minimum atomic E-state index is -4.49. The van der Waals surface area contributed by atoms with Gasteiger partial charge in [-0.25, -0.2) is 0 Å². The SMILES string of the molecule is CC(=NO)c1ccc(OCc2ncc(C(F)(F)F)cc2Cl)cc1. The topological polar surface area (TPSA) is 54.7 Å². The Morgan fingerprint density at radius 1 is 1.30 bits per heavy atom. The van der Waals surface area contributed by atoms with Crippen LogP contribution in [0.3, 0.4) is 0 Å². The van der Waals surface area contributed by atoms with E-state index in [4.69, 9.17) is 21.5 Å². The first-order valence-electron chi connectivity index (χ1n) is 6.45. The fraction of sp³-hybridized carbons (Fsp3) is 0.200. The van der Waals surface area contributed by atoms with Gasteiger partial charge < -0.3 is 9.94 Å². The van der Waals surface area contributed by atoms with Crippen LogP contribution in [-0.4, -0.2) is 15.9 Å². The van der Waals surface area contributed by atoms with Gasteiger partial charge in [0.1, 0.15) is 12.4 Å². The van der Waals surface area contributed by atoms with Crippen LogP contribution in [0.4, 0.5) is 13.2 Å². The van der Waals surface area contributed by atoms with Crippen LogP contribution in [-0.2, 0) is 12.8 Å². The molecule has 0 saturated heterocycles. The van der Waals surface area contributed by atoms with E-state index in [0.717, 1.165) is 12.3 Å². The quantitative estimate of drug-likeness (QED) is 0.503. The second kappa shape index (κ2) is 6.87. The summed E-state index contributed by atoms with van der Waals surface area (Å²) in [6.45, 7) is 1.57. The van der Waals surface area contributed by atoms with Gasteiger partial charge in [-0.3, -0.25) is 4.98 Å². The van der Waals surface area contributed by atoms with Crippen molar-refractivity contribution in [1.82, 2.24) is 4.98 Å². The number of alkyl halides is 3. The van der Waals surface area contributed by atoms with E-state index in [1.54, 1.807) is 31.2 Å². The van der Waals surface area contributed by atoms with Crippen LogP contribution in [0.15, 0.2) is 41.7 Å². The number of halogens is 4. The third kappa shape index (κ3) is 4.35. The molecular formula is C15H12ClF3N2O2. The van der Waals surface area contributed by atoms with Crippen LogP contribution < -0.4 is 4.74 Å².